The fourth-order valence-electron chi connectivity index (χ4n) is 4.25. The second kappa shape index (κ2) is 9.33. The summed E-state index contributed by atoms with van der Waals surface area (Å²) in [6, 6.07) is 15.8. The van der Waals surface area contributed by atoms with Gasteiger partial charge in [0.2, 0.25) is 0 Å². The van der Waals surface area contributed by atoms with Gasteiger partial charge in [0.25, 0.3) is 0 Å². The van der Waals surface area contributed by atoms with Gasteiger partial charge < -0.3 is 18.8 Å². The summed E-state index contributed by atoms with van der Waals surface area (Å²) in [6.45, 7) is 5.50. The summed E-state index contributed by atoms with van der Waals surface area (Å²) in [5, 5.41) is 0. The second-order valence-electron chi connectivity index (χ2n) is 9.00. The molecule has 2 saturated carbocycles. The molecule has 0 spiro atoms. The topological polar surface area (TPSA) is 64.8 Å². The number of nitrogens with zero attached hydrogens (tertiary/aromatic N) is 2. The van der Waals surface area contributed by atoms with Crippen LogP contribution in [0.4, 0.5) is 0 Å². The Labute approximate surface area is 188 Å². The average molecular weight is 435 g/mol. The molecule has 2 fully saturated rings. The Bertz CT molecular complexity index is 1020. The fraction of sp³-hybridized carbons (Fsp3) is 0.462. The number of carbonyl (C=O) groups is 1. The smallest absolute Gasteiger partial charge is 0.400 e. The van der Waals surface area contributed by atoms with E-state index in [0.717, 1.165) is 49.5 Å². The van der Waals surface area contributed by atoms with Crippen LogP contribution in [-0.4, -0.2) is 42.1 Å². The molecule has 168 valence electrons. The first-order chi connectivity index (χ1) is 15.7. The van der Waals surface area contributed by atoms with Crippen LogP contribution in [0.1, 0.15) is 31.7 Å². The summed E-state index contributed by atoms with van der Waals surface area (Å²) in [7, 11) is 0. The van der Waals surface area contributed by atoms with E-state index in [1.165, 1.54) is 18.4 Å². The number of hydrogen-bond donors (Lipinski definition) is 0. The minimum atomic E-state index is -0.0154. The van der Waals surface area contributed by atoms with E-state index in [1.54, 1.807) is 0 Å². The van der Waals surface area contributed by atoms with Crippen molar-refractivity contribution in [1.82, 2.24) is 9.88 Å². The van der Waals surface area contributed by atoms with Crippen LogP contribution in [-0.2, 0) is 16.0 Å². The highest BCUT2D eigenvalue weighted by molar-refractivity contribution is 5.75. The van der Waals surface area contributed by atoms with Gasteiger partial charge in [0.1, 0.15) is 11.3 Å². The van der Waals surface area contributed by atoms with Crippen LogP contribution in [0.25, 0.3) is 11.1 Å². The predicted octanol–water partition coefficient (Wildman–Crippen LogP) is 5.07. The first-order valence-electron chi connectivity index (χ1n) is 11.7. The van der Waals surface area contributed by atoms with Gasteiger partial charge in [-0.2, -0.15) is 4.98 Å². The van der Waals surface area contributed by atoms with Gasteiger partial charge in [0, 0.05) is 19.6 Å². The zero-order valence-electron chi connectivity index (χ0n) is 18.5. The average Bonchev–Trinajstić information content (AvgIpc) is 3.72. The van der Waals surface area contributed by atoms with E-state index >= 15 is 0 Å². The number of oxazole rings is 1. The third kappa shape index (κ3) is 5.30. The van der Waals surface area contributed by atoms with Crippen molar-refractivity contribution in [2.45, 2.75) is 32.6 Å². The fourth-order valence-corrected chi connectivity index (χ4v) is 4.25. The lowest BCUT2D eigenvalue weighted by Crippen LogP contribution is -2.31. The summed E-state index contributed by atoms with van der Waals surface area (Å²) in [5.41, 5.74) is 2.78. The minimum absolute atomic E-state index is 0.0154. The molecule has 6 heteroatoms. The molecule has 6 nitrogen and oxygen atoms in total. The van der Waals surface area contributed by atoms with Crippen LogP contribution in [0.2, 0.25) is 0 Å². The van der Waals surface area contributed by atoms with Crippen molar-refractivity contribution in [1.29, 1.82) is 0 Å². The van der Waals surface area contributed by atoms with Gasteiger partial charge in [-0.25, -0.2) is 0 Å². The molecule has 3 aromatic rings. The van der Waals surface area contributed by atoms with E-state index in [4.69, 9.17) is 13.9 Å². The maximum Gasteiger partial charge on any atom is 0.400 e. The van der Waals surface area contributed by atoms with Gasteiger partial charge in [-0.3, -0.25) is 4.79 Å². The van der Waals surface area contributed by atoms with Crippen molar-refractivity contribution >= 4 is 17.1 Å². The molecule has 1 heterocycles. The molecule has 2 aromatic carbocycles. The zero-order chi connectivity index (χ0) is 21.9. The Morgan fingerprint density at radius 1 is 1.12 bits per heavy atom. The Kier molecular flexibility index (Phi) is 6.12. The third-order valence-corrected chi connectivity index (χ3v) is 6.34. The van der Waals surface area contributed by atoms with Gasteiger partial charge >= 0.3 is 12.0 Å². The molecular weight excluding hydrogens is 404 g/mol. The van der Waals surface area contributed by atoms with Gasteiger partial charge in [-0.15, -0.1) is 0 Å². The summed E-state index contributed by atoms with van der Waals surface area (Å²) in [5.74, 6) is 2.10. The molecule has 0 saturated heterocycles. The number of hydrogen-bond acceptors (Lipinski definition) is 6. The van der Waals surface area contributed by atoms with Crippen molar-refractivity contribution in [2.75, 3.05) is 26.2 Å². The highest BCUT2D eigenvalue weighted by Gasteiger charge is 2.45. The van der Waals surface area contributed by atoms with E-state index in [-0.39, 0.29) is 18.0 Å². The molecule has 0 N–H and O–H groups in total. The third-order valence-electron chi connectivity index (χ3n) is 6.34. The van der Waals surface area contributed by atoms with Crippen molar-refractivity contribution in [3.63, 3.8) is 0 Å². The van der Waals surface area contributed by atoms with Crippen LogP contribution in [0, 0.1) is 17.8 Å². The number of para-hydroxylation sites is 2. The maximum absolute atomic E-state index is 12.0. The zero-order valence-corrected chi connectivity index (χ0v) is 18.5. The Balaban J connectivity index is 1.14. The van der Waals surface area contributed by atoms with Gasteiger partial charge in [-0.05, 0) is 74.3 Å². The monoisotopic (exact) mass is 434 g/mol. The molecule has 2 aliphatic carbocycles. The minimum Gasteiger partial charge on any atom is -0.466 e. The van der Waals surface area contributed by atoms with Gasteiger partial charge in [-0.1, -0.05) is 24.3 Å². The van der Waals surface area contributed by atoms with Gasteiger partial charge in [0.05, 0.1) is 12.5 Å². The standard InChI is InChI=1S/C26H30N2O4/c1-2-30-25(29)22-15-20(22)17-28(16-19-7-8-19)14-13-18-9-11-21(12-10-18)31-26-27-23-5-3-4-6-24(23)32-26/h3-6,9-12,19-20,22H,2,7-8,13-17H2,1H3. The molecule has 2 atom stereocenters. The van der Waals surface area contributed by atoms with Crippen molar-refractivity contribution in [3.05, 3.63) is 54.1 Å². The first kappa shape index (κ1) is 21.0. The molecule has 5 rings (SSSR count). The van der Waals surface area contributed by atoms with E-state index in [0.29, 0.717) is 18.3 Å². The van der Waals surface area contributed by atoms with E-state index in [1.807, 2.05) is 43.3 Å². The van der Waals surface area contributed by atoms with Crippen molar-refractivity contribution in [3.8, 4) is 11.8 Å². The van der Waals surface area contributed by atoms with E-state index in [2.05, 4.69) is 22.0 Å². The lowest BCUT2D eigenvalue weighted by Gasteiger charge is -2.22. The highest BCUT2D eigenvalue weighted by atomic mass is 16.6. The number of fused-ring (bicyclic) bond motifs is 1. The molecule has 2 aliphatic rings. The number of ether oxygens (including phenoxy) is 2. The summed E-state index contributed by atoms with van der Waals surface area (Å²) >= 11 is 0. The number of rotatable bonds is 11. The summed E-state index contributed by atoms with van der Waals surface area (Å²) in [4.78, 5) is 18.9. The van der Waals surface area contributed by atoms with Crippen LogP contribution < -0.4 is 4.74 Å². The Hall–Kier alpha value is -2.86. The van der Waals surface area contributed by atoms with Gasteiger partial charge in [0.15, 0.2) is 5.58 Å². The Morgan fingerprint density at radius 3 is 2.69 bits per heavy atom. The number of benzene rings is 2. The maximum atomic E-state index is 12.0. The molecule has 1 aromatic heterocycles. The Morgan fingerprint density at radius 2 is 1.94 bits per heavy atom. The molecule has 0 bridgehead atoms. The lowest BCUT2D eigenvalue weighted by molar-refractivity contribution is -0.145. The van der Waals surface area contributed by atoms with Crippen molar-refractivity contribution in [2.24, 2.45) is 17.8 Å². The predicted molar refractivity (Wildman–Crippen MR) is 122 cm³/mol. The van der Waals surface area contributed by atoms with Crippen LogP contribution in [0.5, 0.6) is 11.8 Å². The second-order valence-corrected chi connectivity index (χ2v) is 9.00. The summed E-state index contributed by atoms with van der Waals surface area (Å²) in [6.07, 6.45) is 4.89. The van der Waals surface area contributed by atoms with Crippen LogP contribution in [0.15, 0.2) is 52.9 Å². The number of esters is 1. The summed E-state index contributed by atoms with van der Waals surface area (Å²) < 4.78 is 16.6. The van der Waals surface area contributed by atoms with E-state index < -0.39 is 0 Å². The molecule has 0 radical (unpaired) electrons. The molecular formula is C26H30N2O4. The van der Waals surface area contributed by atoms with Crippen LogP contribution in [0.3, 0.4) is 0 Å². The quantitative estimate of drug-likeness (QED) is 0.393. The SMILES string of the molecule is CCOC(=O)C1CC1CN(CCc1ccc(Oc2nc3ccccc3o2)cc1)CC1CC1. The van der Waals surface area contributed by atoms with Crippen molar-refractivity contribution < 1.29 is 18.7 Å². The normalized spacial score (nSPS) is 19.9. The molecule has 0 aliphatic heterocycles. The first-order valence-corrected chi connectivity index (χ1v) is 11.7. The lowest BCUT2D eigenvalue weighted by atomic mass is 10.1. The molecule has 32 heavy (non-hydrogen) atoms. The molecule has 2 unspecified atom stereocenters. The van der Waals surface area contributed by atoms with E-state index in [9.17, 15) is 4.79 Å². The largest absolute Gasteiger partial charge is 0.466 e. The molecule has 0 amide bonds. The number of aromatic nitrogens is 1. The highest BCUT2D eigenvalue weighted by Crippen LogP contribution is 2.41. The number of carbonyl (C=O) groups excluding carboxylic acids is 1. The van der Waals surface area contributed by atoms with Crippen LogP contribution >= 0.6 is 0 Å².